The number of rotatable bonds is 4. The zero-order valence-electron chi connectivity index (χ0n) is 21.0. The number of para-hydroxylation sites is 1. The first-order valence-corrected chi connectivity index (χ1v) is 14.2. The maximum Gasteiger partial charge on any atom is 0.259 e. The molecule has 0 bridgehead atoms. The maximum atomic E-state index is 14.3. The predicted octanol–water partition coefficient (Wildman–Crippen LogP) is 4.37. The van der Waals surface area contributed by atoms with Crippen LogP contribution in [0.5, 0.6) is 5.75 Å². The number of amides is 1. The molecular weight excluding hydrogens is 488 g/mol. The SMILES string of the molecule is COc1cccc(-c2cc(C(=O)N3c4ccccc4CC3C)c3c(C)nn(C4CCS(=O)(=O)C4)c3n2)c1. The van der Waals surface area contributed by atoms with Crippen molar-refractivity contribution in [2.24, 2.45) is 0 Å². The van der Waals surface area contributed by atoms with E-state index in [0.717, 1.165) is 23.2 Å². The highest BCUT2D eigenvalue weighted by atomic mass is 32.2. The second-order valence-corrected chi connectivity index (χ2v) is 12.2. The fraction of sp³-hybridized carbons (Fsp3) is 0.321. The van der Waals surface area contributed by atoms with Crippen LogP contribution in [-0.2, 0) is 16.3 Å². The third-order valence-electron chi connectivity index (χ3n) is 7.41. The molecule has 0 saturated carbocycles. The number of carbonyl (C=O) groups excluding carboxylic acids is 1. The number of carbonyl (C=O) groups is 1. The molecule has 0 N–H and O–H groups in total. The largest absolute Gasteiger partial charge is 0.497 e. The second-order valence-electron chi connectivity index (χ2n) is 9.93. The Morgan fingerprint density at radius 3 is 2.68 bits per heavy atom. The van der Waals surface area contributed by atoms with Crippen LogP contribution in [0.1, 0.15) is 41.0 Å². The van der Waals surface area contributed by atoms with Gasteiger partial charge in [-0.25, -0.2) is 18.1 Å². The molecule has 8 nitrogen and oxygen atoms in total. The van der Waals surface area contributed by atoms with Crippen molar-refractivity contribution >= 4 is 32.5 Å². The fourth-order valence-electron chi connectivity index (χ4n) is 5.64. The van der Waals surface area contributed by atoms with Crippen molar-refractivity contribution in [2.75, 3.05) is 23.5 Å². The van der Waals surface area contributed by atoms with Gasteiger partial charge < -0.3 is 9.64 Å². The number of aryl methyl sites for hydroxylation is 1. The fourth-order valence-corrected chi connectivity index (χ4v) is 7.33. The van der Waals surface area contributed by atoms with Gasteiger partial charge in [0.15, 0.2) is 15.5 Å². The first-order chi connectivity index (χ1) is 17.8. The van der Waals surface area contributed by atoms with E-state index in [4.69, 9.17) is 14.8 Å². The third-order valence-corrected chi connectivity index (χ3v) is 9.16. The average molecular weight is 517 g/mol. The smallest absolute Gasteiger partial charge is 0.259 e. The number of hydrogen-bond acceptors (Lipinski definition) is 6. The summed E-state index contributed by atoms with van der Waals surface area (Å²) >= 11 is 0. The summed E-state index contributed by atoms with van der Waals surface area (Å²) in [6.07, 6.45) is 1.26. The molecule has 37 heavy (non-hydrogen) atoms. The lowest BCUT2D eigenvalue weighted by molar-refractivity contribution is 0.0983. The molecule has 9 heteroatoms. The van der Waals surface area contributed by atoms with Crippen molar-refractivity contribution in [2.45, 2.75) is 38.8 Å². The van der Waals surface area contributed by atoms with E-state index in [1.165, 1.54) is 0 Å². The molecule has 2 unspecified atom stereocenters. The summed E-state index contributed by atoms with van der Waals surface area (Å²) in [5, 5.41) is 5.40. The molecule has 4 heterocycles. The molecule has 0 radical (unpaired) electrons. The maximum absolute atomic E-state index is 14.3. The summed E-state index contributed by atoms with van der Waals surface area (Å²) in [7, 11) is -1.53. The lowest BCUT2D eigenvalue weighted by Gasteiger charge is -2.23. The molecule has 1 fully saturated rings. The van der Waals surface area contributed by atoms with Gasteiger partial charge in [-0.1, -0.05) is 30.3 Å². The van der Waals surface area contributed by atoms with Gasteiger partial charge in [0.1, 0.15) is 5.75 Å². The lowest BCUT2D eigenvalue weighted by Crippen LogP contribution is -2.36. The molecule has 1 amide bonds. The Hall–Kier alpha value is -3.72. The van der Waals surface area contributed by atoms with Crippen molar-refractivity contribution < 1.29 is 17.9 Å². The normalized spacial score (nSPS) is 20.4. The van der Waals surface area contributed by atoms with Crippen LogP contribution >= 0.6 is 0 Å². The Balaban J connectivity index is 1.57. The number of sulfone groups is 1. The van der Waals surface area contributed by atoms with Gasteiger partial charge in [0.25, 0.3) is 5.91 Å². The molecule has 1 saturated heterocycles. The van der Waals surface area contributed by atoms with Crippen molar-refractivity contribution in [3.63, 3.8) is 0 Å². The van der Waals surface area contributed by atoms with E-state index in [-0.39, 0.29) is 29.5 Å². The highest BCUT2D eigenvalue weighted by Crippen LogP contribution is 2.37. The number of ether oxygens (including phenoxy) is 1. The van der Waals surface area contributed by atoms with Crippen LogP contribution in [0.4, 0.5) is 5.69 Å². The molecule has 2 aliphatic heterocycles. The van der Waals surface area contributed by atoms with Crippen molar-refractivity contribution in [3.8, 4) is 17.0 Å². The zero-order chi connectivity index (χ0) is 25.9. The number of aromatic nitrogens is 3. The summed E-state index contributed by atoms with van der Waals surface area (Å²) in [5.74, 6) is 0.715. The van der Waals surface area contributed by atoms with Crippen molar-refractivity contribution in [1.82, 2.24) is 14.8 Å². The number of anilines is 1. The number of benzene rings is 2. The summed E-state index contributed by atoms with van der Waals surface area (Å²) in [5.41, 5.74) is 5.17. The summed E-state index contributed by atoms with van der Waals surface area (Å²) in [4.78, 5) is 21.1. The van der Waals surface area contributed by atoms with Crippen LogP contribution in [0.3, 0.4) is 0 Å². The Kier molecular flexibility index (Phi) is 5.56. The molecule has 0 aliphatic carbocycles. The van der Waals surface area contributed by atoms with Crippen molar-refractivity contribution in [3.05, 3.63) is 71.4 Å². The highest BCUT2D eigenvalue weighted by molar-refractivity contribution is 7.91. The van der Waals surface area contributed by atoms with E-state index in [9.17, 15) is 13.2 Å². The van der Waals surface area contributed by atoms with Gasteiger partial charge in [-0.15, -0.1) is 0 Å². The molecule has 2 atom stereocenters. The number of hydrogen-bond donors (Lipinski definition) is 0. The minimum Gasteiger partial charge on any atom is -0.497 e. The van der Waals surface area contributed by atoms with Gasteiger partial charge in [-0.05, 0) is 56.5 Å². The van der Waals surface area contributed by atoms with E-state index >= 15 is 0 Å². The zero-order valence-corrected chi connectivity index (χ0v) is 21.8. The average Bonchev–Trinajstić information content (AvgIpc) is 3.54. The van der Waals surface area contributed by atoms with E-state index in [0.29, 0.717) is 40.2 Å². The second kappa shape index (κ2) is 8.69. The first kappa shape index (κ1) is 23.7. The van der Waals surface area contributed by atoms with Crippen LogP contribution in [0.2, 0.25) is 0 Å². The first-order valence-electron chi connectivity index (χ1n) is 12.4. The van der Waals surface area contributed by atoms with Gasteiger partial charge >= 0.3 is 0 Å². The third kappa shape index (κ3) is 3.98. The predicted molar refractivity (Wildman–Crippen MR) is 143 cm³/mol. The molecular formula is C28H28N4O4S. The molecule has 2 aromatic heterocycles. The van der Waals surface area contributed by atoms with Gasteiger partial charge in [-0.3, -0.25) is 4.79 Å². The van der Waals surface area contributed by atoms with E-state index in [1.807, 2.05) is 60.4 Å². The summed E-state index contributed by atoms with van der Waals surface area (Å²) in [6.45, 7) is 3.91. The van der Waals surface area contributed by atoms with Crippen LogP contribution in [0.15, 0.2) is 54.6 Å². The topological polar surface area (TPSA) is 94.4 Å². The van der Waals surface area contributed by atoms with Crippen LogP contribution in [0.25, 0.3) is 22.3 Å². The monoisotopic (exact) mass is 516 g/mol. The molecule has 4 aromatic rings. The molecule has 190 valence electrons. The van der Waals surface area contributed by atoms with Crippen molar-refractivity contribution in [1.29, 1.82) is 0 Å². The molecule has 2 aliphatic rings. The van der Waals surface area contributed by atoms with Gasteiger partial charge in [0.05, 0.1) is 47.0 Å². The molecule has 0 spiro atoms. The van der Waals surface area contributed by atoms with Gasteiger partial charge in [0, 0.05) is 17.3 Å². The highest BCUT2D eigenvalue weighted by Gasteiger charge is 2.35. The Morgan fingerprint density at radius 2 is 1.92 bits per heavy atom. The molecule has 2 aromatic carbocycles. The number of nitrogens with zero attached hydrogens (tertiary/aromatic N) is 4. The van der Waals surface area contributed by atoms with Crippen LogP contribution < -0.4 is 9.64 Å². The van der Waals surface area contributed by atoms with E-state index in [2.05, 4.69) is 13.0 Å². The standard InChI is InChI=1S/C28H28N4O4S/c1-17-13-20-7-4-5-10-25(20)31(17)28(33)23-15-24(19-8-6-9-22(14-19)36-3)29-27-26(23)18(2)30-32(27)21-11-12-37(34,35)16-21/h4-10,14-15,17,21H,11-13,16H2,1-3H3. The van der Waals surface area contributed by atoms with E-state index < -0.39 is 9.84 Å². The quantitative estimate of drug-likeness (QED) is 0.400. The summed E-state index contributed by atoms with van der Waals surface area (Å²) in [6, 6.07) is 17.0. The van der Waals surface area contributed by atoms with E-state index in [1.54, 1.807) is 11.8 Å². The van der Waals surface area contributed by atoms with Crippen LogP contribution in [0, 0.1) is 6.92 Å². The number of methoxy groups -OCH3 is 1. The minimum atomic E-state index is -3.13. The lowest BCUT2D eigenvalue weighted by atomic mass is 10.0. The van der Waals surface area contributed by atoms with Crippen LogP contribution in [-0.4, -0.2) is 53.7 Å². The minimum absolute atomic E-state index is 0.00344. The Bertz CT molecular complexity index is 1660. The van der Waals surface area contributed by atoms with Gasteiger partial charge in [-0.2, -0.15) is 5.10 Å². The number of fused-ring (bicyclic) bond motifs is 2. The summed E-state index contributed by atoms with van der Waals surface area (Å²) < 4.78 is 31.7. The van der Waals surface area contributed by atoms with Gasteiger partial charge in [0.2, 0.25) is 0 Å². The Labute approximate surface area is 215 Å². The molecule has 6 rings (SSSR count). The number of pyridine rings is 1. The Morgan fingerprint density at radius 1 is 1.11 bits per heavy atom.